The summed E-state index contributed by atoms with van der Waals surface area (Å²) in [6.45, 7) is 9.52. The van der Waals surface area contributed by atoms with Crippen molar-refractivity contribution in [1.82, 2.24) is 10.2 Å². The van der Waals surface area contributed by atoms with Crippen LogP contribution >= 0.6 is 0 Å². The predicted molar refractivity (Wildman–Crippen MR) is 180 cm³/mol. The summed E-state index contributed by atoms with van der Waals surface area (Å²) in [5.74, 6) is -1.03. The second-order valence-corrected chi connectivity index (χ2v) is 11.9. The normalized spacial score (nSPS) is 17.2. The van der Waals surface area contributed by atoms with E-state index in [0.29, 0.717) is 18.5 Å². The van der Waals surface area contributed by atoms with Gasteiger partial charge in [-0.1, -0.05) is 48.5 Å². The number of likely N-dealkylation sites (tertiary alicyclic amines) is 1. The third kappa shape index (κ3) is 11.7. The first kappa shape index (κ1) is 37.6. The molecule has 48 heavy (non-hydrogen) atoms. The minimum atomic E-state index is -0.540. The molecule has 1 saturated heterocycles. The van der Waals surface area contributed by atoms with Gasteiger partial charge in [0.25, 0.3) is 5.69 Å². The van der Waals surface area contributed by atoms with Crippen molar-refractivity contribution in [2.24, 2.45) is 0 Å². The Labute approximate surface area is 280 Å². The molecule has 1 atom stereocenters. The Kier molecular flexibility index (Phi) is 14.0. The molecular formula is C37H43F2N3O6. The number of hydrogen-bond donors (Lipinski definition) is 1. The van der Waals surface area contributed by atoms with Gasteiger partial charge >= 0.3 is 11.9 Å². The Morgan fingerprint density at radius 3 is 1.98 bits per heavy atom. The Morgan fingerprint density at radius 1 is 0.979 bits per heavy atom. The van der Waals surface area contributed by atoms with Gasteiger partial charge in [-0.2, -0.15) is 0 Å². The maximum Gasteiger partial charge on any atom is 0.336 e. The molecule has 0 amide bonds. The lowest BCUT2D eigenvalue weighted by Crippen LogP contribution is -2.37. The molecule has 1 N–H and O–H groups in total. The molecule has 0 saturated carbocycles. The summed E-state index contributed by atoms with van der Waals surface area (Å²) in [5, 5.41) is 13.2. The van der Waals surface area contributed by atoms with Gasteiger partial charge < -0.3 is 14.8 Å². The molecule has 2 aliphatic rings. The molecule has 3 aromatic rings. The molecule has 1 fully saturated rings. The summed E-state index contributed by atoms with van der Waals surface area (Å²) < 4.78 is 37.1. The molecule has 1 unspecified atom stereocenters. The van der Waals surface area contributed by atoms with Gasteiger partial charge in [0.2, 0.25) is 0 Å². The zero-order valence-electron chi connectivity index (χ0n) is 28.0. The number of nitrogens with one attached hydrogen (secondary N) is 1. The number of rotatable bonds is 8. The average Bonchev–Trinajstić information content (AvgIpc) is 3.43. The average molecular weight is 664 g/mol. The van der Waals surface area contributed by atoms with Gasteiger partial charge in [0.05, 0.1) is 17.6 Å². The van der Waals surface area contributed by atoms with E-state index in [2.05, 4.69) is 15.0 Å². The maximum absolute atomic E-state index is 13.5. The molecule has 9 nitrogen and oxygen atoms in total. The number of nitro groups is 1. The molecule has 0 aliphatic carbocycles. The van der Waals surface area contributed by atoms with E-state index in [0.717, 1.165) is 48.5 Å². The molecule has 256 valence electrons. The Morgan fingerprint density at radius 2 is 1.52 bits per heavy atom. The fraction of sp³-hybridized carbons (Fsp3) is 0.351. The van der Waals surface area contributed by atoms with Crippen LogP contribution in [0.15, 0.2) is 102 Å². The van der Waals surface area contributed by atoms with Crippen molar-refractivity contribution in [2.75, 3.05) is 26.7 Å². The number of carbonyl (C=O) groups excluding carboxylic acids is 2. The van der Waals surface area contributed by atoms with Crippen molar-refractivity contribution in [3.8, 4) is 0 Å². The first-order valence-corrected chi connectivity index (χ1v) is 15.6. The van der Waals surface area contributed by atoms with Crippen LogP contribution in [0.1, 0.15) is 64.0 Å². The number of esters is 2. The van der Waals surface area contributed by atoms with Gasteiger partial charge in [-0.25, -0.2) is 13.6 Å². The van der Waals surface area contributed by atoms with Gasteiger partial charge in [-0.15, -0.1) is 0 Å². The number of methoxy groups -OCH3 is 1. The van der Waals surface area contributed by atoms with Gasteiger partial charge in [0.1, 0.15) is 17.2 Å². The number of halogens is 2. The number of nitrogens with zero attached hydrogens (tertiary/aromatic N) is 2. The lowest BCUT2D eigenvalue weighted by Gasteiger charge is -2.28. The largest absolute Gasteiger partial charge is 0.469 e. The number of benzene rings is 3. The van der Waals surface area contributed by atoms with E-state index in [1.165, 1.54) is 50.4 Å². The van der Waals surface area contributed by atoms with E-state index in [-0.39, 0.29) is 35.2 Å². The smallest absolute Gasteiger partial charge is 0.336 e. The lowest BCUT2D eigenvalue weighted by atomic mass is 9.88. The SMILES string of the molecule is CC1=CCC(C(=O)OC2(C)CCN(CCC(c3ccc(F)cc3)c3ccc(F)cc3)C2)=C(C)N1.COC(C)=O.O=[N+]([O-])c1ccccc1. The standard InChI is InChI=1S/C28H32F2N2O2.C6H5NO2.C3H6O2/c1-19-4-13-25(20(2)31-19)27(33)34-28(3)15-17-32(18-28)16-14-26(21-5-9-23(29)10-6-21)22-7-11-24(30)12-8-22;8-7(9)6-4-2-1-3-5-6;1-3(4)5-2/h4-12,26,31H,13-18H2,1-3H3;1-5H;1-2H3. The van der Waals surface area contributed by atoms with Crippen LogP contribution in [0.5, 0.6) is 0 Å². The summed E-state index contributed by atoms with van der Waals surface area (Å²) in [4.78, 5) is 34.3. The highest BCUT2D eigenvalue weighted by Gasteiger charge is 2.38. The third-order valence-corrected chi connectivity index (χ3v) is 8.08. The summed E-state index contributed by atoms with van der Waals surface area (Å²) in [6, 6.07) is 21.0. The van der Waals surface area contributed by atoms with E-state index in [9.17, 15) is 28.5 Å². The van der Waals surface area contributed by atoms with Crippen molar-refractivity contribution >= 4 is 17.6 Å². The van der Waals surface area contributed by atoms with Crippen molar-refractivity contribution in [3.63, 3.8) is 0 Å². The monoisotopic (exact) mass is 663 g/mol. The highest BCUT2D eigenvalue weighted by Crippen LogP contribution is 2.32. The van der Waals surface area contributed by atoms with Gasteiger partial charge in [-0.05, 0) is 69.1 Å². The highest BCUT2D eigenvalue weighted by atomic mass is 19.1. The van der Waals surface area contributed by atoms with E-state index < -0.39 is 10.5 Å². The van der Waals surface area contributed by atoms with Gasteiger partial charge in [0, 0.05) is 62.3 Å². The van der Waals surface area contributed by atoms with Crippen molar-refractivity contribution < 1.29 is 32.8 Å². The quantitative estimate of drug-likeness (QED) is 0.150. The Balaban J connectivity index is 0.000000371. The van der Waals surface area contributed by atoms with E-state index in [1.54, 1.807) is 42.5 Å². The second kappa shape index (κ2) is 17.9. The number of ether oxygens (including phenoxy) is 2. The number of hydrogen-bond acceptors (Lipinski definition) is 8. The lowest BCUT2D eigenvalue weighted by molar-refractivity contribution is -0.384. The fourth-order valence-electron chi connectivity index (χ4n) is 5.43. The minimum Gasteiger partial charge on any atom is -0.469 e. The van der Waals surface area contributed by atoms with E-state index in [4.69, 9.17) is 4.74 Å². The molecule has 2 heterocycles. The first-order chi connectivity index (χ1) is 22.8. The molecule has 11 heteroatoms. The number of nitro benzene ring substituents is 1. The number of para-hydroxylation sites is 1. The van der Waals surface area contributed by atoms with Crippen LogP contribution < -0.4 is 5.32 Å². The number of carbonyl (C=O) groups is 2. The Bertz CT molecular complexity index is 1550. The van der Waals surface area contributed by atoms with Gasteiger partial charge in [0.15, 0.2) is 0 Å². The molecule has 0 aromatic heterocycles. The van der Waals surface area contributed by atoms with Gasteiger partial charge in [-0.3, -0.25) is 19.8 Å². The zero-order valence-corrected chi connectivity index (χ0v) is 28.0. The van der Waals surface area contributed by atoms with Crippen LogP contribution in [0, 0.1) is 21.7 Å². The van der Waals surface area contributed by atoms with Crippen molar-refractivity contribution in [3.05, 3.63) is 135 Å². The van der Waals surface area contributed by atoms with E-state index in [1.807, 2.05) is 26.8 Å². The summed E-state index contributed by atoms with van der Waals surface area (Å²) in [7, 11) is 1.35. The van der Waals surface area contributed by atoms with Crippen LogP contribution in [-0.2, 0) is 19.1 Å². The van der Waals surface area contributed by atoms with Crippen LogP contribution in [-0.4, -0.2) is 54.1 Å². The summed E-state index contributed by atoms with van der Waals surface area (Å²) >= 11 is 0. The second-order valence-electron chi connectivity index (χ2n) is 11.9. The third-order valence-electron chi connectivity index (χ3n) is 8.08. The molecule has 5 rings (SSSR count). The summed E-state index contributed by atoms with van der Waals surface area (Å²) in [6.07, 6.45) is 4.14. The van der Waals surface area contributed by atoms with Crippen molar-refractivity contribution in [2.45, 2.75) is 58.5 Å². The van der Waals surface area contributed by atoms with Crippen LogP contribution in [0.25, 0.3) is 0 Å². The maximum atomic E-state index is 13.5. The van der Waals surface area contributed by atoms with E-state index >= 15 is 0 Å². The summed E-state index contributed by atoms with van der Waals surface area (Å²) in [5.41, 5.74) is 4.17. The molecule has 0 radical (unpaired) electrons. The Hall–Kier alpha value is -4.90. The number of dihydropyridines is 1. The topological polar surface area (TPSA) is 111 Å². The molecule has 0 spiro atoms. The van der Waals surface area contributed by atoms with Crippen LogP contribution in [0.4, 0.5) is 14.5 Å². The molecule has 0 bridgehead atoms. The molecular weight excluding hydrogens is 620 g/mol. The fourth-order valence-corrected chi connectivity index (χ4v) is 5.43. The van der Waals surface area contributed by atoms with Crippen LogP contribution in [0.2, 0.25) is 0 Å². The zero-order chi connectivity index (χ0) is 35.3. The number of allylic oxidation sites excluding steroid dienone is 3. The molecule has 3 aromatic carbocycles. The first-order valence-electron chi connectivity index (χ1n) is 15.6. The van der Waals surface area contributed by atoms with Crippen molar-refractivity contribution in [1.29, 1.82) is 0 Å². The minimum absolute atomic E-state index is 0.0201. The number of non-ortho nitro benzene ring substituents is 1. The van der Waals surface area contributed by atoms with Crippen LogP contribution in [0.3, 0.4) is 0 Å². The molecule has 2 aliphatic heterocycles. The predicted octanol–water partition coefficient (Wildman–Crippen LogP) is 7.44. The highest BCUT2D eigenvalue weighted by molar-refractivity contribution is 5.90.